The molecule has 6 fully saturated rings. The molecule has 5 heterocycles. The topological polar surface area (TPSA) is 80.8 Å². The summed E-state index contributed by atoms with van der Waals surface area (Å²) in [4.78, 5) is 12.1. The minimum Gasteiger partial charge on any atom is -0.458 e. The first kappa shape index (κ1) is 15.9. The van der Waals surface area contributed by atoms with Crippen LogP contribution in [0.5, 0.6) is 0 Å². The summed E-state index contributed by atoms with van der Waals surface area (Å²) < 4.78 is 24.8. The molecule has 8 rings (SSSR count). The molecule has 2 saturated carbocycles. The van der Waals surface area contributed by atoms with Crippen LogP contribution in [0.1, 0.15) is 47.0 Å². The van der Waals surface area contributed by atoms with E-state index in [2.05, 4.69) is 20.8 Å². The molecule has 0 aromatic carbocycles. The summed E-state index contributed by atoms with van der Waals surface area (Å²) in [6.45, 7) is 8.80. The molecule has 2 spiro atoms. The van der Waals surface area contributed by atoms with Crippen LogP contribution in [0.2, 0.25) is 0 Å². The molecule has 0 aromatic rings. The fourth-order valence-electron chi connectivity index (χ4n) is 8.48. The molecule has 6 heteroatoms. The molecule has 3 aliphatic carbocycles. The summed E-state index contributed by atoms with van der Waals surface area (Å²) in [6.07, 6.45) is 2.25. The number of cyclic esters (lactones) is 1. The third kappa shape index (κ3) is 1.18. The number of esters is 1. The maximum Gasteiger partial charge on any atom is 0.334 e. The van der Waals surface area contributed by atoms with Gasteiger partial charge in [0, 0.05) is 23.3 Å². The zero-order valence-corrected chi connectivity index (χ0v) is 16.2. The van der Waals surface area contributed by atoms with Gasteiger partial charge < -0.3 is 24.1 Å². The van der Waals surface area contributed by atoms with Crippen LogP contribution < -0.4 is 0 Å². The maximum atomic E-state index is 12.1. The van der Waals surface area contributed by atoms with Gasteiger partial charge in [0.1, 0.15) is 41.2 Å². The number of carbonyl (C=O) groups excluding carboxylic acids is 1. The van der Waals surface area contributed by atoms with Crippen molar-refractivity contribution in [2.75, 3.05) is 6.61 Å². The van der Waals surface area contributed by atoms with Crippen molar-refractivity contribution in [3.63, 3.8) is 0 Å². The van der Waals surface area contributed by atoms with Gasteiger partial charge in [-0.15, -0.1) is 0 Å². The summed E-state index contributed by atoms with van der Waals surface area (Å²) in [5.74, 6) is 0.151. The summed E-state index contributed by atoms with van der Waals surface area (Å²) in [5.41, 5.74) is -1.15. The van der Waals surface area contributed by atoms with Gasteiger partial charge in [0.25, 0.3) is 0 Å². The Morgan fingerprint density at radius 1 is 1.15 bits per heavy atom. The highest BCUT2D eigenvalue weighted by Crippen LogP contribution is 2.84. The van der Waals surface area contributed by atoms with E-state index in [1.807, 2.05) is 6.92 Å². The van der Waals surface area contributed by atoms with E-state index in [-0.39, 0.29) is 41.5 Å². The van der Waals surface area contributed by atoms with Crippen LogP contribution in [0.3, 0.4) is 0 Å². The second-order valence-corrected chi connectivity index (χ2v) is 10.5. The third-order valence-electron chi connectivity index (χ3n) is 9.63. The van der Waals surface area contributed by atoms with Gasteiger partial charge >= 0.3 is 5.97 Å². The smallest absolute Gasteiger partial charge is 0.334 e. The van der Waals surface area contributed by atoms with E-state index in [1.54, 1.807) is 0 Å². The highest BCUT2D eigenvalue weighted by atomic mass is 16.7. The molecule has 1 N–H and O–H groups in total. The Hall–Kier alpha value is -0.950. The first-order valence-corrected chi connectivity index (χ1v) is 10.3. The molecule has 0 amide bonds. The minimum absolute atomic E-state index is 0.0104. The van der Waals surface area contributed by atoms with E-state index in [0.29, 0.717) is 6.61 Å². The lowest BCUT2D eigenvalue weighted by Gasteiger charge is -2.72. The van der Waals surface area contributed by atoms with Crippen LogP contribution in [0.4, 0.5) is 0 Å². The third-order valence-corrected chi connectivity index (χ3v) is 9.63. The lowest BCUT2D eigenvalue weighted by atomic mass is 9.39. The van der Waals surface area contributed by atoms with E-state index in [0.717, 1.165) is 30.4 Å². The number of hydrogen-bond donors (Lipinski definition) is 1. The summed E-state index contributed by atoms with van der Waals surface area (Å²) in [7, 11) is 0. The Kier molecular flexibility index (Phi) is 2.29. The molecular formula is C21H26O6. The van der Waals surface area contributed by atoms with Crippen molar-refractivity contribution in [1.82, 2.24) is 0 Å². The molecule has 0 aromatic heterocycles. The van der Waals surface area contributed by atoms with Crippen LogP contribution in [0, 0.1) is 17.3 Å². The van der Waals surface area contributed by atoms with Crippen LogP contribution in [-0.4, -0.2) is 58.4 Å². The predicted molar refractivity (Wildman–Crippen MR) is 91.7 cm³/mol. The molecule has 9 unspecified atom stereocenters. The molecule has 6 nitrogen and oxygen atoms in total. The summed E-state index contributed by atoms with van der Waals surface area (Å²) in [6, 6.07) is 0. The van der Waals surface area contributed by atoms with Gasteiger partial charge in [0.2, 0.25) is 0 Å². The predicted octanol–water partition coefficient (Wildman–Crippen LogP) is 1.49. The van der Waals surface area contributed by atoms with Crippen molar-refractivity contribution < 1.29 is 28.8 Å². The van der Waals surface area contributed by atoms with Gasteiger partial charge in [-0.1, -0.05) is 20.8 Å². The molecule has 2 bridgehead atoms. The monoisotopic (exact) mass is 374 g/mol. The molecule has 8 aliphatic rings. The zero-order chi connectivity index (χ0) is 18.8. The quantitative estimate of drug-likeness (QED) is 0.553. The van der Waals surface area contributed by atoms with Crippen LogP contribution >= 0.6 is 0 Å². The van der Waals surface area contributed by atoms with E-state index >= 15 is 0 Å². The molecule has 4 saturated heterocycles. The van der Waals surface area contributed by atoms with Gasteiger partial charge in [-0.3, -0.25) is 0 Å². The first-order valence-electron chi connectivity index (χ1n) is 10.3. The normalized spacial score (nSPS) is 64.0. The molecule has 5 aliphatic heterocycles. The number of fused-ring (bicyclic) bond motifs is 2. The lowest BCUT2D eigenvalue weighted by molar-refractivity contribution is -0.392. The fraction of sp³-hybridized carbons (Fsp3) is 0.857. The van der Waals surface area contributed by atoms with Crippen molar-refractivity contribution in [2.24, 2.45) is 17.3 Å². The second kappa shape index (κ2) is 3.89. The lowest BCUT2D eigenvalue weighted by Crippen LogP contribution is -2.87. The Labute approximate surface area is 158 Å². The summed E-state index contributed by atoms with van der Waals surface area (Å²) in [5, 5.41) is 11.9. The number of ether oxygens (including phenoxy) is 4. The first-order chi connectivity index (χ1) is 12.7. The zero-order valence-electron chi connectivity index (χ0n) is 16.2. The van der Waals surface area contributed by atoms with Crippen LogP contribution in [-0.2, 0) is 23.7 Å². The molecule has 9 atom stereocenters. The molecular weight excluding hydrogens is 348 g/mol. The van der Waals surface area contributed by atoms with Gasteiger partial charge in [-0.05, 0) is 31.3 Å². The van der Waals surface area contributed by atoms with E-state index in [9.17, 15) is 9.90 Å². The Balaban J connectivity index is 1.42. The van der Waals surface area contributed by atoms with Gasteiger partial charge in [-0.2, -0.15) is 0 Å². The Morgan fingerprint density at radius 3 is 2.59 bits per heavy atom. The van der Waals surface area contributed by atoms with Crippen molar-refractivity contribution in [1.29, 1.82) is 0 Å². The second-order valence-electron chi connectivity index (χ2n) is 10.5. The Morgan fingerprint density at radius 2 is 1.89 bits per heavy atom. The molecule has 146 valence electrons. The van der Waals surface area contributed by atoms with E-state index in [1.165, 1.54) is 0 Å². The fourth-order valence-corrected chi connectivity index (χ4v) is 8.48. The highest BCUT2D eigenvalue weighted by molar-refractivity contribution is 5.92. The number of hydrogen-bond acceptors (Lipinski definition) is 6. The van der Waals surface area contributed by atoms with Crippen molar-refractivity contribution >= 4 is 5.97 Å². The SMILES string of the molecule is CC(C)C12OC1C1OC13C1(C)CCC4=C(COC4=O)C1C1CC3(O1)C2(C)O. The van der Waals surface area contributed by atoms with Crippen molar-refractivity contribution in [3.8, 4) is 0 Å². The molecule has 27 heavy (non-hydrogen) atoms. The highest BCUT2D eigenvalue weighted by Gasteiger charge is 3.00. The number of rotatable bonds is 1. The van der Waals surface area contributed by atoms with Crippen molar-refractivity contribution in [3.05, 3.63) is 11.1 Å². The van der Waals surface area contributed by atoms with Crippen LogP contribution in [0.15, 0.2) is 11.1 Å². The van der Waals surface area contributed by atoms with Crippen LogP contribution in [0.25, 0.3) is 0 Å². The maximum absolute atomic E-state index is 12.1. The van der Waals surface area contributed by atoms with Gasteiger partial charge in [0.15, 0.2) is 0 Å². The Bertz CT molecular complexity index is 853. The van der Waals surface area contributed by atoms with Gasteiger partial charge in [0.05, 0.1) is 6.10 Å². The number of epoxide rings is 2. The number of aliphatic hydroxyl groups is 1. The summed E-state index contributed by atoms with van der Waals surface area (Å²) >= 11 is 0. The largest absolute Gasteiger partial charge is 0.458 e. The number of carbonyl (C=O) groups is 1. The molecule has 0 radical (unpaired) electrons. The van der Waals surface area contributed by atoms with E-state index < -0.39 is 22.4 Å². The van der Waals surface area contributed by atoms with E-state index in [4.69, 9.17) is 18.9 Å². The van der Waals surface area contributed by atoms with Gasteiger partial charge in [-0.25, -0.2) is 4.79 Å². The standard InChI is InChI=1S/C21H26O6/c1-9(2)20-14(26-20)15-21(27-15)17(3)6-5-10-11(8-24-16(10)22)13(17)12-7-19(21,25-12)18(20,4)23/h9,12-15,23H,5-8H2,1-4H3. The minimum atomic E-state index is -1.10. The average Bonchev–Trinajstić information content (AvgIpc) is 3.42. The van der Waals surface area contributed by atoms with Crippen molar-refractivity contribution in [2.45, 2.75) is 87.7 Å². The average molecular weight is 374 g/mol.